The van der Waals surface area contributed by atoms with E-state index in [9.17, 15) is 9.59 Å². The number of fused-ring (bicyclic) bond motifs is 1. The van der Waals surface area contributed by atoms with E-state index in [-0.39, 0.29) is 11.6 Å². The average Bonchev–Trinajstić information content (AvgIpc) is 3.01. The van der Waals surface area contributed by atoms with Crippen molar-refractivity contribution >= 4 is 22.3 Å². The molecular formula is C36H24O4. The largest absolute Gasteiger partial charge is 0.457 e. The van der Waals surface area contributed by atoms with Crippen molar-refractivity contribution in [3.05, 3.63) is 168 Å². The molecule has 4 nitrogen and oxygen atoms in total. The summed E-state index contributed by atoms with van der Waals surface area (Å²) in [6.45, 7) is 0. The summed E-state index contributed by atoms with van der Waals surface area (Å²) >= 11 is 0. The Morgan fingerprint density at radius 3 is 1.05 bits per heavy atom. The Kier molecular flexibility index (Phi) is 6.89. The third-order valence-corrected chi connectivity index (χ3v) is 6.56. The second-order valence-electron chi connectivity index (χ2n) is 9.31. The topological polar surface area (TPSA) is 52.6 Å². The van der Waals surface area contributed by atoms with E-state index in [0.717, 1.165) is 22.3 Å². The van der Waals surface area contributed by atoms with Gasteiger partial charge in [-0.1, -0.05) is 60.7 Å². The number of hydrogen-bond donors (Lipinski definition) is 0. The second kappa shape index (κ2) is 11.1. The van der Waals surface area contributed by atoms with Crippen molar-refractivity contribution in [1.29, 1.82) is 0 Å². The monoisotopic (exact) mass is 520 g/mol. The molecular weight excluding hydrogens is 496 g/mol. The fraction of sp³-hybridized carbons (Fsp3) is 0. The van der Waals surface area contributed by atoms with Gasteiger partial charge in [0.2, 0.25) is 0 Å². The molecule has 6 rings (SSSR count). The zero-order valence-corrected chi connectivity index (χ0v) is 21.5. The number of ether oxygens (including phenoxy) is 2. The van der Waals surface area contributed by atoms with Crippen LogP contribution in [0, 0.1) is 0 Å². The molecule has 0 aliphatic carbocycles. The molecule has 0 atom stereocenters. The lowest BCUT2D eigenvalue weighted by molar-refractivity contribution is 0.103. The number of carbonyl (C=O) groups excluding carboxylic acids is 2. The number of hydrogen-bond acceptors (Lipinski definition) is 4. The summed E-state index contributed by atoms with van der Waals surface area (Å²) in [5, 5.41) is 1.77. The van der Waals surface area contributed by atoms with Crippen LogP contribution in [0.5, 0.6) is 23.0 Å². The Labute approximate surface area is 232 Å². The molecule has 192 valence electrons. The fourth-order valence-electron chi connectivity index (χ4n) is 4.46. The zero-order valence-electron chi connectivity index (χ0n) is 21.5. The highest BCUT2D eigenvalue weighted by atomic mass is 16.5. The molecule has 0 amide bonds. The van der Waals surface area contributed by atoms with Crippen molar-refractivity contribution in [3.63, 3.8) is 0 Å². The standard InChI is InChI=1S/C36H24O4/c37-35(25-15-19-33(20-16-25)39-31-7-3-1-4-8-31)29-13-11-28-24-30(14-12-27(28)23-29)36(38)26-17-21-34(22-18-26)40-32-9-5-2-6-10-32/h1-24H. The Morgan fingerprint density at radius 2 is 0.675 bits per heavy atom. The lowest BCUT2D eigenvalue weighted by Gasteiger charge is -2.08. The highest BCUT2D eigenvalue weighted by molar-refractivity contribution is 6.12. The fourth-order valence-corrected chi connectivity index (χ4v) is 4.46. The molecule has 0 saturated heterocycles. The molecule has 0 aromatic heterocycles. The van der Waals surface area contributed by atoms with Crippen molar-refractivity contribution in [2.24, 2.45) is 0 Å². The van der Waals surface area contributed by atoms with Gasteiger partial charge in [-0.05, 0) is 95.7 Å². The zero-order chi connectivity index (χ0) is 27.3. The minimum Gasteiger partial charge on any atom is -0.457 e. The molecule has 0 saturated carbocycles. The van der Waals surface area contributed by atoms with Crippen LogP contribution in [0.25, 0.3) is 10.8 Å². The summed E-state index contributed by atoms with van der Waals surface area (Å²) in [5.41, 5.74) is 2.31. The van der Waals surface area contributed by atoms with Gasteiger partial charge >= 0.3 is 0 Å². The molecule has 0 heterocycles. The molecule has 40 heavy (non-hydrogen) atoms. The van der Waals surface area contributed by atoms with Crippen molar-refractivity contribution in [2.45, 2.75) is 0 Å². The van der Waals surface area contributed by atoms with Crippen LogP contribution in [0.4, 0.5) is 0 Å². The van der Waals surface area contributed by atoms with E-state index in [1.807, 2.05) is 84.9 Å². The van der Waals surface area contributed by atoms with Crippen LogP contribution in [0.1, 0.15) is 31.8 Å². The molecule has 0 bridgehead atoms. The van der Waals surface area contributed by atoms with E-state index in [1.54, 1.807) is 60.7 Å². The van der Waals surface area contributed by atoms with Crippen LogP contribution in [-0.2, 0) is 0 Å². The second-order valence-corrected chi connectivity index (χ2v) is 9.31. The van der Waals surface area contributed by atoms with Crippen LogP contribution in [0.15, 0.2) is 146 Å². The van der Waals surface area contributed by atoms with Gasteiger partial charge in [0, 0.05) is 22.3 Å². The highest BCUT2D eigenvalue weighted by Gasteiger charge is 2.13. The molecule has 0 aliphatic heterocycles. The first-order chi connectivity index (χ1) is 19.6. The molecule has 6 aromatic carbocycles. The number of para-hydroxylation sites is 2. The van der Waals surface area contributed by atoms with Crippen LogP contribution >= 0.6 is 0 Å². The molecule has 6 aromatic rings. The summed E-state index contributed by atoms with van der Waals surface area (Å²) in [6.07, 6.45) is 0. The molecule has 0 spiro atoms. The molecule has 0 radical (unpaired) electrons. The van der Waals surface area contributed by atoms with Crippen LogP contribution in [0.2, 0.25) is 0 Å². The van der Waals surface area contributed by atoms with Gasteiger partial charge < -0.3 is 9.47 Å². The number of rotatable bonds is 8. The molecule has 0 unspecified atom stereocenters. The van der Waals surface area contributed by atoms with Gasteiger partial charge in [-0.25, -0.2) is 0 Å². The van der Waals surface area contributed by atoms with E-state index in [4.69, 9.17) is 9.47 Å². The van der Waals surface area contributed by atoms with Gasteiger partial charge in [0.05, 0.1) is 0 Å². The molecule has 0 fully saturated rings. The highest BCUT2D eigenvalue weighted by Crippen LogP contribution is 2.26. The van der Waals surface area contributed by atoms with Gasteiger partial charge in [-0.15, -0.1) is 0 Å². The maximum absolute atomic E-state index is 13.2. The first kappa shape index (κ1) is 24.8. The minimum absolute atomic E-state index is 0.0777. The third kappa shape index (κ3) is 5.52. The molecule has 0 aliphatic rings. The SMILES string of the molecule is O=C(c1ccc(Oc2ccccc2)cc1)c1ccc2cc(C(=O)c3ccc(Oc4ccccc4)cc3)ccc2c1. The number of ketones is 2. The van der Waals surface area contributed by atoms with Gasteiger partial charge in [0.15, 0.2) is 11.6 Å². The van der Waals surface area contributed by atoms with Gasteiger partial charge in [-0.3, -0.25) is 9.59 Å². The van der Waals surface area contributed by atoms with Gasteiger partial charge in [-0.2, -0.15) is 0 Å². The molecule has 4 heteroatoms. The van der Waals surface area contributed by atoms with E-state index in [2.05, 4.69) is 0 Å². The van der Waals surface area contributed by atoms with Crippen molar-refractivity contribution in [2.75, 3.05) is 0 Å². The summed E-state index contributed by atoms with van der Waals surface area (Å²) in [7, 11) is 0. The first-order valence-corrected chi connectivity index (χ1v) is 12.9. The Balaban J connectivity index is 1.16. The van der Waals surface area contributed by atoms with Crippen LogP contribution < -0.4 is 9.47 Å². The normalized spacial score (nSPS) is 10.7. The third-order valence-electron chi connectivity index (χ3n) is 6.56. The Hall–Kier alpha value is -5.48. The predicted molar refractivity (Wildman–Crippen MR) is 157 cm³/mol. The van der Waals surface area contributed by atoms with Gasteiger partial charge in [0.25, 0.3) is 0 Å². The Morgan fingerprint density at radius 1 is 0.350 bits per heavy atom. The van der Waals surface area contributed by atoms with E-state index < -0.39 is 0 Å². The number of benzene rings is 6. The van der Waals surface area contributed by atoms with Crippen LogP contribution in [-0.4, -0.2) is 11.6 Å². The maximum atomic E-state index is 13.2. The maximum Gasteiger partial charge on any atom is 0.193 e. The van der Waals surface area contributed by atoms with E-state index >= 15 is 0 Å². The summed E-state index contributed by atoms with van der Waals surface area (Å²) < 4.78 is 11.6. The van der Waals surface area contributed by atoms with Crippen LogP contribution in [0.3, 0.4) is 0 Å². The van der Waals surface area contributed by atoms with Crippen molar-refractivity contribution in [1.82, 2.24) is 0 Å². The van der Waals surface area contributed by atoms with Crippen molar-refractivity contribution in [3.8, 4) is 23.0 Å². The smallest absolute Gasteiger partial charge is 0.193 e. The summed E-state index contributed by atoms with van der Waals surface area (Å²) in [5.74, 6) is 2.65. The quantitative estimate of drug-likeness (QED) is 0.188. The number of carbonyl (C=O) groups is 2. The first-order valence-electron chi connectivity index (χ1n) is 12.9. The Bertz CT molecular complexity index is 1650. The minimum atomic E-state index is -0.0777. The summed E-state index contributed by atoms with van der Waals surface area (Å²) in [4.78, 5) is 26.3. The van der Waals surface area contributed by atoms with Crippen molar-refractivity contribution < 1.29 is 19.1 Å². The lowest BCUT2D eigenvalue weighted by Crippen LogP contribution is -2.02. The predicted octanol–water partition coefficient (Wildman–Crippen LogP) is 8.89. The lowest BCUT2D eigenvalue weighted by atomic mass is 9.96. The van der Waals surface area contributed by atoms with E-state index in [0.29, 0.717) is 33.8 Å². The van der Waals surface area contributed by atoms with Gasteiger partial charge in [0.1, 0.15) is 23.0 Å². The molecule has 0 N–H and O–H groups in total. The van der Waals surface area contributed by atoms with E-state index in [1.165, 1.54) is 0 Å². The average molecular weight is 521 g/mol. The summed E-state index contributed by atoms with van der Waals surface area (Å²) in [6, 6.07) is 44.3.